The zero-order valence-electron chi connectivity index (χ0n) is 14.7. The summed E-state index contributed by atoms with van der Waals surface area (Å²) < 4.78 is 1.73. The summed E-state index contributed by atoms with van der Waals surface area (Å²) in [5, 5.41) is 15.9. The molecule has 0 saturated carbocycles. The number of hydrogen-bond donors (Lipinski definition) is 1. The quantitative estimate of drug-likeness (QED) is 0.754. The number of rotatable bonds is 4. The summed E-state index contributed by atoms with van der Waals surface area (Å²) in [6, 6.07) is 7.75. The van der Waals surface area contributed by atoms with Crippen molar-refractivity contribution in [1.29, 1.82) is 0 Å². The predicted molar refractivity (Wildman–Crippen MR) is 96.8 cm³/mol. The van der Waals surface area contributed by atoms with E-state index in [0.29, 0.717) is 18.0 Å². The summed E-state index contributed by atoms with van der Waals surface area (Å²) in [5.41, 5.74) is 1.55. The Kier molecular flexibility index (Phi) is 4.11. The van der Waals surface area contributed by atoms with Crippen molar-refractivity contribution in [3.05, 3.63) is 36.7 Å². The van der Waals surface area contributed by atoms with Crippen LogP contribution in [0.1, 0.15) is 6.92 Å². The highest BCUT2D eigenvalue weighted by Gasteiger charge is 2.33. The van der Waals surface area contributed by atoms with Gasteiger partial charge in [0, 0.05) is 44.6 Å². The van der Waals surface area contributed by atoms with Gasteiger partial charge in [-0.05, 0) is 31.2 Å². The average Bonchev–Trinajstić information content (AvgIpc) is 3.04. The summed E-state index contributed by atoms with van der Waals surface area (Å²) in [7, 11) is 1.82. The van der Waals surface area contributed by atoms with Crippen molar-refractivity contribution in [3.8, 4) is 11.4 Å². The lowest BCUT2D eigenvalue weighted by atomic mass is 10.1. The fraction of sp³-hybridized carbons (Fsp3) is 0.353. The van der Waals surface area contributed by atoms with Gasteiger partial charge in [0.2, 0.25) is 0 Å². The molecule has 0 aromatic carbocycles. The number of fused-ring (bicyclic) bond motifs is 1. The first-order chi connectivity index (χ1) is 12.7. The lowest BCUT2D eigenvalue weighted by Crippen LogP contribution is -2.61. The van der Waals surface area contributed by atoms with Gasteiger partial charge >= 0.3 is 6.03 Å². The number of amides is 2. The van der Waals surface area contributed by atoms with Crippen LogP contribution in [-0.2, 0) is 0 Å². The zero-order chi connectivity index (χ0) is 18.1. The Balaban J connectivity index is 1.53. The monoisotopic (exact) mass is 352 g/mol. The maximum Gasteiger partial charge on any atom is 0.317 e. The van der Waals surface area contributed by atoms with E-state index in [1.807, 2.05) is 38.2 Å². The van der Waals surface area contributed by atoms with Crippen LogP contribution in [0.4, 0.5) is 10.6 Å². The average molecular weight is 352 g/mol. The number of hydrogen-bond acceptors (Lipinski definition) is 6. The number of aromatic nitrogens is 5. The number of likely N-dealkylation sites (N-methyl/N-ethyl adjacent to an activating group) is 1. The highest BCUT2D eigenvalue weighted by Crippen LogP contribution is 2.23. The van der Waals surface area contributed by atoms with Crippen LogP contribution >= 0.6 is 0 Å². The molecule has 0 atom stereocenters. The van der Waals surface area contributed by atoms with E-state index in [9.17, 15) is 4.79 Å². The molecule has 134 valence electrons. The standard InChI is InChI=1S/C17H20N8O/c1-3-19-17(26)23(2)13-10-24(11-13)15-7-6-14-20-21-16(25(14)22-15)12-5-4-8-18-9-12/h4-9,13H,3,10-11H2,1-2H3,(H,19,26). The molecule has 1 aliphatic heterocycles. The van der Waals surface area contributed by atoms with Crippen molar-refractivity contribution in [3.63, 3.8) is 0 Å². The topological polar surface area (TPSA) is 91.5 Å². The van der Waals surface area contributed by atoms with Crippen LogP contribution < -0.4 is 10.2 Å². The molecule has 0 aliphatic carbocycles. The lowest BCUT2D eigenvalue weighted by molar-refractivity contribution is 0.179. The normalized spacial score (nSPS) is 14.3. The van der Waals surface area contributed by atoms with Gasteiger partial charge in [0.15, 0.2) is 11.5 Å². The molecule has 0 unspecified atom stereocenters. The Bertz CT molecular complexity index is 919. The number of pyridine rings is 1. The second-order valence-electron chi connectivity index (χ2n) is 6.23. The van der Waals surface area contributed by atoms with Gasteiger partial charge in [-0.3, -0.25) is 4.98 Å². The molecule has 0 radical (unpaired) electrons. The van der Waals surface area contributed by atoms with E-state index in [-0.39, 0.29) is 12.1 Å². The number of nitrogens with zero attached hydrogens (tertiary/aromatic N) is 7. The number of nitrogens with one attached hydrogen (secondary N) is 1. The number of urea groups is 1. The minimum absolute atomic E-state index is 0.0433. The Morgan fingerprint density at radius 3 is 2.88 bits per heavy atom. The van der Waals surface area contributed by atoms with Gasteiger partial charge in [-0.2, -0.15) is 4.52 Å². The minimum Gasteiger partial charge on any atom is -0.351 e. The van der Waals surface area contributed by atoms with Crippen LogP contribution in [0.25, 0.3) is 17.0 Å². The number of carbonyl (C=O) groups is 1. The van der Waals surface area contributed by atoms with Gasteiger partial charge in [-0.25, -0.2) is 4.79 Å². The van der Waals surface area contributed by atoms with E-state index >= 15 is 0 Å². The molecule has 1 N–H and O–H groups in total. The molecule has 1 aliphatic rings. The van der Waals surface area contributed by atoms with Crippen LogP contribution in [0.2, 0.25) is 0 Å². The number of anilines is 1. The maximum atomic E-state index is 11.9. The van der Waals surface area contributed by atoms with Gasteiger partial charge in [0.05, 0.1) is 6.04 Å². The Morgan fingerprint density at radius 1 is 1.31 bits per heavy atom. The third kappa shape index (κ3) is 2.81. The zero-order valence-corrected chi connectivity index (χ0v) is 14.7. The molecule has 3 aromatic rings. The molecule has 9 nitrogen and oxygen atoms in total. The van der Waals surface area contributed by atoms with E-state index < -0.39 is 0 Å². The largest absolute Gasteiger partial charge is 0.351 e. The van der Waals surface area contributed by atoms with E-state index in [2.05, 4.69) is 30.5 Å². The molecule has 26 heavy (non-hydrogen) atoms. The second-order valence-corrected chi connectivity index (χ2v) is 6.23. The molecule has 1 fully saturated rings. The van der Waals surface area contributed by atoms with Gasteiger partial charge in [0.1, 0.15) is 5.82 Å². The van der Waals surface area contributed by atoms with Crippen molar-refractivity contribution in [1.82, 2.24) is 35.0 Å². The van der Waals surface area contributed by atoms with Crippen molar-refractivity contribution in [2.24, 2.45) is 0 Å². The van der Waals surface area contributed by atoms with E-state index in [4.69, 9.17) is 0 Å². The number of carbonyl (C=O) groups excluding carboxylic acids is 1. The molecule has 4 heterocycles. The molecular formula is C17H20N8O. The van der Waals surface area contributed by atoms with E-state index in [1.165, 1.54) is 0 Å². The third-order valence-electron chi connectivity index (χ3n) is 4.55. The summed E-state index contributed by atoms with van der Waals surface area (Å²) in [4.78, 5) is 19.9. The minimum atomic E-state index is -0.0433. The molecule has 0 bridgehead atoms. The fourth-order valence-electron chi connectivity index (χ4n) is 2.95. The van der Waals surface area contributed by atoms with Gasteiger partial charge in [-0.1, -0.05) is 0 Å². The van der Waals surface area contributed by atoms with Crippen LogP contribution in [0, 0.1) is 0 Å². The van der Waals surface area contributed by atoms with Crippen LogP contribution in [0.3, 0.4) is 0 Å². The first-order valence-corrected chi connectivity index (χ1v) is 8.56. The van der Waals surface area contributed by atoms with Crippen LogP contribution in [0.5, 0.6) is 0 Å². The highest BCUT2D eigenvalue weighted by atomic mass is 16.2. The third-order valence-corrected chi connectivity index (χ3v) is 4.55. The Hall–Kier alpha value is -3.23. The molecule has 3 aromatic heterocycles. The van der Waals surface area contributed by atoms with Gasteiger partial charge < -0.3 is 15.1 Å². The first kappa shape index (κ1) is 16.2. The SMILES string of the molecule is CCNC(=O)N(C)C1CN(c2ccc3nnc(-c4cccnc4)n3n2)C1. The van der Waals surface area contributed by atoms with Crippen molar-refractivity contribution in [2.75, 3.05) is 31.6 Å². The smallest absolute Gasteiger partial charge is 0.317 e. The van der Waals surface area contributed by atoms with E-state index in [1.54, 1.807) is 21.8 Å². The van der Waals surface area contributed by atoms with Crippen molar-refractivity contribution < 1.29 is 4.79 Å². The Labute approximate surface area is 150 Å². The molecule has 9 heteroatoms. The highest BCUT2D eigenvalue weighted by molar-refractivity contribution is 5.74. The first-order valence-electron chi connectivity index (χ1n) is 8.56. The second kappa shape index (κ2) is 6.58. The predicted octanol–water partition coefficient (Wildman–Crippen LogP) is 1.04. The van der Waals surface area contributed by atoms with Crippen molar-refractivity contribution >= 4 is 17.5 Å². The van der Waals surface area contributed by atoms with Gasteiger partial charge in [0.25, 0.3) is 0 Å². The fourth-order valence-corrected chi connectivity index (χ4v) is 2.95. The van der Waals surface area contributed by atoms with Crippen molar-refractivity contribution in [2.45, 2.75) is 13.0 Å². The molecule has 2 amide bonds. The van der Waals surface area contributed by atoms with E-state index in [0.717, 1.165) is 24.5 Å². The molecule has 1 saturated heterocycles. The summed E-state index contributed by atoms with van der Waals surface area (Å²) in [5.74, 6) is 1.49. The molecule has 4 rings (SSSR count). The van der Waals surface area contributed by atoms with Crippen LogP contribution in [0.15, 0.2) is 36.7 Å². The summed E-state index contributed by atoms with van der Waals surface area (Å²) in [6.07, 6.45) is 3.46. The summed E-state index contributed by atoms with van der Waals surface area (Å²) >= 11 is 0. The molecule has 0 spiro atoms. The molecular weight excluding hydrogens is 332 g/mol. The lowest BCUT2D eigenvalue weighted by Gasteiger charge is -2.44. The van der Waals surface area contributed by atoms with Crippen LogP contribution in [-0.4, -0.2) is 68.5 Å². The Morgan fingerprint density at radius 2 is 2.15 bits per heavy atom. The summed E-state index contributed by atoms with van der Waals surface area (Å²) in [6.45, 7) is 4.03. The van der Waals surface area contributed by atoms with Gasteiger partial charge in [-0.15, -0.1) is 15.3 Å². The maximum absolute atomic E-state index is 11.9.